The highest BCUT2D eigenvalue weighted by molar-refractivity contribution is 7.98. The first-order valence-corrected chi connectivity index (χ1v) is 9.55. The van der Waals surface area contributed by atoms with Crippen molar-refractivity contribution in [3.8, 4) is 5.69 Å². The summed E-state index contributed by atoms with van der Waals surface area (Å²) in [5, 5.41) is 6.95. The van der Waals surface area contributed by atoms with E-state index in [9.17, 15) is 9.59 Å². The van der Waals surface area contributed by atoms with Gasteiger partial charge in [0.15, 0.2) is 6.61 Å². The van der Waals surface area contributed by atoms with Crippen LogP contribution in [0.3, 0.4) is 0 Å². The first-order chi connectivity index (χ1) is 13.1. The molecule has 27 heavy (non-hydrogen) atoms. The first-order valence-electron chi connectivity index (χ1n) is 8.32. The zero-order valence-corrected chi connectivity index (χ0v) is 15.6. The molecule has 0 radical (unpaired) electrons. The molecule has 0 aliphatic carbocycles. The molecule has 0 atom stereocenters. The summed E-state index contributed by atoms with van der Waals surface area (Å²) >= 11 is 1.59. The third kappa shape index (κ3) is 5.46. The molecule has 0 saturated heterocycles. The lowest BCUT2D eigenvalue weighted by Crippen LogP contribution is -2.21. The lowest BCUT2D eigenvalue weighted by Gasteiger charge is -2.07. The van der Waals surface area contributed by atoms with Gasteiger partial charge in [-0.3, -0.25) is 9.59 Å². The third-order valence-electron chi connectivity index (χ3n) is 3.72. The van der Waals surface area contributed by atoms with Gasteiger partial charge in [0.05, 0.1) is 18.3 Å². The minimum Gasteiger partial charge on any atom is -0.455 e. The molecule has 1 aromatic heterocycles. The molecule has 1 N–H and O–H groups in total. The van der Waals surface area contributed by atoms with Crippen LogP contribution in [0.4, 0.5) is 5.69 Å². The highest BCUT2D eigenvalue weighted by Gasteiger charge is 2.11. The molecule has 0 spiro atoms. The smallest absolute Gasteiger partial charge is 0.310 e. The van der Waals surface area contributed by atoms with Gasteiger partial charge in [-0.05, 0) is 36.6 Å². The minimum absolute atomic E-state index is 0.0576. The number of anilines is 1. The summed E-state index contributed by atoms with van der Waals surface area (Å²) < 4.78 is 6.75. The summed E-state index contributed by atoms with van der Waals surface area (Å²) in [4.78, 5) is 25.0. The van der Waals surface area contributed by atoms with Crippen LogP contribution in [0.1, 0.15) is 5.56 Å². The van der Waals surface area contributed by atoms with E-state index in [0.29, 0.717) is 5.69 Å². The summed E-state index contributed by atoms with van der Waals surface area (Å²) in [6.45, 7) is -0.324. The average molecular weight is 381 g/mol. The van der Waals surface area contributed by atoms with Crippen molar-refractivity contribution in [2.24, 2.45) is 0 Å². The van der Waals surface area contributed by atoms with E-state index in [1.165, 1.54) is 0 Å². The minimum atomic E-state index is -0.476. The molecule has 1 heterocycles. The number of nitrogens with zero attached hydrogens (tertiary/aromatic N) is 2. The Morgan fingerprint density at radius 1 is 1.15 bits per heavy atom. The fourth-order valence-electron chi connectivity index (χ4n) is 2.43. The molecule has 0 unspecified atom stereocenters. The number of rotatable bonds is 7. The second-order valence-electron chi connectivity index (χ2n) is 5.75. The van der Waals surface area contributed by atoms with Gasteiger partial charge in [0.25, 0.3) is 5.91 Å². The summed E-state index contributed by atoms with van der Waals surface area (Å²) in [5.74, 6) is -0.850. The van der Waals surface area contributed by atoms with Gasteiger partial charge in [-0.25, -0.2) is 4.68 Å². The van der Waals surface area contributed by atoms with E-state index >= 15 is 0 Å². The maximum Gasteiger partial charge on any atom is 0.310 e. The summed E-state index contributed by atoms with van der Waals surface area (Å²) in [5.41, 5.74) is 2.30. The number of nitrogens with one attached hydrogen (secondary N) is 1. The predicted octanol–water partition coefficient (Wildman–Crippen LogP) is 3.32. The number of esters is 1. The van der Waals surface area contributed by atoms with Gasteiger partial charge in [-0.1, -0.05) is 24.3 Å². The van der Waals surface area contributed by atoms with Crippen LogP contribution in [0.5, 0.6) is 0 Å². The summed E-state index contributed by atoms with van der Waals surface area (Å²) in [7, 11) is 0. The fraction of sp³-hybridized carbons (Fsp3) is 0.150. The third-order valence-corrected chi connectivity index (χ3v) is 4.45. The van der Waals surface area contributed by atoms with Crippen LogP contribution >= 0.6 is 11.8 Å². The van der Waals surface area contributed by atoms with Crippen molar-refractivity contribution in [2.75, 3.05) is 18.2 Å². The van der Waals surface area contributed by atoms with E-state index < -0.39 is 5.97 Å². The molecule has 6 nitrogen and oxygen atoms in total. The Hall–Kier alpha value is -3.06. The van der Waals surface area contributed by atoms with Gasteiger partial charge in [-0.15, -0.1) is 11.8 Å². The number of ether oxygens (including phenoxy) is 1. The Morgan fingerprint density at radius 3 is 2.74 bits per heavy atom. The van der Waals surface area contributed by atoms with Gasteiger partial charge in [0, 0.05) is 22.3 Å². The van der Waals surface area contributed by atoms with E-state index in [1.807, 2.05) is 54.8 Å². The Balaban J connectivity index is 1.48. The SMILES string of the molecule is CSc1cccc(NC(=O)COC(=O)Cc2cnn(-c3ccccc3)c2)c1. The van der Waals surface area contributed by atoms with Crippen LogP contribution in [0.2, 0.25) is 0 Å². The number of carbonyl (C=O) groups is 2. The van der Waals surface area contributed by atoms with Crippen molar-refractivity contribution >= 4 is 29.3 Å². The zero-order valence-electron chi connectivity index (χ0n) is 14.8. The standard InChI is InChI=1S/C20H19N3O3S/c1-27-18-9-5-6-16(11-18)22-19(24)14-26-20(25)10-15-12-21-23(13-15)17-7-3-2-4-8-17/h2-9,11-13H,10,14H2,1H3,(H,22,24). The normalized spacial score (nSPS) is 10.4. The van der Waals surface area contributed by atoms with Crippen LogP contribution in [-0.4, -0.2) is 34.5 Å². The van der Waals surface area contributed by atoms with E-state index in [1.54, 1.807) is 34.9 Å². The molecule has 0 aliphatic rings. The molecule has 0 fully saturated rings. The molecule has 0 saturated carbocycles. The molecule has 0 aliphatic heterocycles. The van der Waals surface area contributed by atoms with Crippen molar-refractivity contribution in [3.63, 3.8) is 0 Å². The Bertz CT molecular complexity index is 925. The Labute approximate surface area is 161 Å². The maximum atomic E-state index is 12.0. The zero-order chi connectivity index (χ0) is 19.1. The van der Waals surface area contributed by atoms with Gasteiger partial charge < -0.3 is 10.1 Å². The van der Waals surface area contributed by atoms with Crippen molar-refractivity contribution in [1.29, 1.82) is 0 Å². The van der Waals surface area contributed by atoms with Gasteiger partial charge in [0.1, 0.15) is 0 Å². The molecule has 1 amide bonds. The number of hydrogen-bond acceptors (Lipinski definition) is 5. The van der Waals surface area contributed by atoms with Gasteiger partial charge >= 0.3 is 5.97 Å². The van der Waals surface area contributed by atoms with Gasteiger partial charge in [0.2, 0.25) is 0 Å². The molecule has 138 valence electrons. The van der Waals surface area contributed by atoms with Crippen LogP contribution in [0.25, 0.3) is 5.69 Å². The van der Waals surface area contributed by atoms with Crippen molar-refractivity contribution in [2.45, 2.75) is 11.3 Å². The quantitative estimate of drug-likeness (QED) is 0.502. The van der Waals surface area contributed by atoms with Crippen molar-refractivity contribution in [3.05, 3.63) is 72.6 Å². The maximum absolute atomic E-state index is 12.0. The molecule has 3 aromatic rings. The molecule has 2 aromatic carbocycles. The highest BCUT2D eigenvalue weighted by atomic mass is 32.2. The monoisotopic (exact) mass is 381 g/mol. The molecule has 0 bridgehead atoms. The van der Waals surface area contributed by atoms with Crippen molar-refractivity contribution in [1.82, 2.24) is 9.78 Å². The number of carbonyl (C=O) groups excluding carboxylic acids is 2. The number of hydrogen-bond donors (Lipinski definition) is 1. The molecular formula is C20H19N3O3S. The first kappa shape index (κ1) is 18.7. The number of aromatic nitrogens is 2. The number of benzene rings is 2. The molecular weight excluding hydrogens is 362 g/mol. The Morgan fingerprint density at radius 2 is 1.96 bits per heavy atom. The number of para-hydroxylation sites is 1. The van der Waals surface area contributed by atoms with Crippen LogP contribution < -0.4 is 5.32 Å². The summed E-state index contributed by atoms with van der Waals surface area (Å²) in [6.07, 6.45) is 5.40. The Kier molecular flexibility index (Phi) is 6.27. The molecule has 3 rings (SSSR count). The summed E-state index contributed by atoms with van der Waals surface area (Å²) in [6, 6.07) is 17.1. The van der Waals surface area contributed by atoms with Crippen LogP contribution in [-0.2, 0) is 20.7 Å². The van der Waals surface area contributed by atoms with E-state index in [0.717, 1.165) is 16.1 Å². The largest absolute Gasteiger partial charge is 0.455 e. The second-order valence-corrected chi connectivity index (χ2v) is 6.63. The number of thioether (sulfide) groups is 1. The lowest BCUT2D eigenvalue weighted by molar-refractivity contribution is -0.146. The van der Waals surface area contributed by atoms with E-state index in [-0.39, 0.29) is 18.9 Å². The van der Waals surface area contributed by atoms with Crippen molar-refractivity contribution < 1.29 is 14.3 Å². The van der Waals surface area contributed by atoms with Gasteiger partial charge in [-0.2, -0.15) is 5.10 Å². The lowest BCUT2D eigenvalue weighted by atomic mass is 10.2. The van der Waals surface area contributed by atoms with Crippen LogP contribution in [0.15, 0.2) is 71.9 Å². The van der Waals surface area contributed by atoms with E-state index in [2.05, 4.69) is 10.4 Å². The fourth-order valence-corrected chi connectivity index (χ4v) is 2.89. The molecule has 7 heteroatoms. The van der Waals surface area contributed by atoms with Crippen LogP contribution in [0, 0.1) is 0 Å². The second kappa shape index (κ2) is 9.05. The topological polar surface area (TPSA) is 73.2 Å². The number of amides is 1. The predicted molar refractivity (Wildman–Crippen MR) is 105 cm³/mol. The van der Waals surface area contributed by atoms with E-state index in [4.69, 9.17) is 4.74 Å². The highest BCUT2D eigenvalue weighted by Crippen LogP contribution is 2.18. The average Bonchev–Trinajstić information content (AvgIpc) is 3.15.